The quantitative estimate of drug-likeness (QED) is 0.780. The topological polar surface area (TPSA) is 23.5 Å². The Morgan fingerprint density at radius 3 is 3.08 bits per heavy atom. The minimum Gasteiger partial charge on any atom is -0.396 e. The summed E-state index contributed by atoms with van der Waals surface area (Å²) >= 11 is 1.75. The smallest absolute Gasteiger partial charge is 0.0472 e. The van der Waals surface area contributed by atoms with E-state index in [9.17, 15) is 0 Å². The molecular weight excluding hydrogens is 182 g/mol. The second-order valence-electron chi connectivity index (χ2n) is 3.80. The second-order valence-corrected chi connectivity index (χ2v) is 4.58. The van der Waals surface area contributed by atoms with Crippen LogP contribution in [0.3, 0.4) is 0 Å². The zero-order valence-electron chi connectivity index (χ0n) is 7.81. The van der Waals surface area contributed by atoms with Crippen LogP contribution in [0.1, 0.15) is 18.0 Å². The summed E-state index contributed by atoms with van der Waals surface area (Å²) in [7, 11) is 2.14. The number of likely N-dealkylation sites (tertiary alicyclic amines) is 1. The zero-order valence-corrected chi connectivity index (χ0v) is 8.63. The molecule has 1 N–H and O–H groups in total. The summed E-state index contributed by atoms with van der Waals surface area (Å²) in [6, 6.07) is 2.72. The molecule has 1 saturated heterocycles. The molecule has 2 heterocycles. The highest BCUT2D eigenvalue weighted by Crippen LogP contribution is 2.34. The molecule has 72 valence electrons. The monoisotopic (exact) mass is 197 g/mol. The Kier molecular flexibility index (Phi) is 2.67. The Labute approximate surface area is 82.8 Å². The lowest BCUT2D eigenvalue weighted by molar-refractivity contribution is 0.227. The predicted molar refractivity (Wildman–Crippen MR) is 54.9 cm³/mol. The first-order valence-corrected chi connectivity index (χ1v) is 5.58. The van der Waals surface area contributed by atoms with Gasteiger partial charge >= 0.3 is 0 Å². The molecule has 0 aliphatic carbocycles. The van der Waals surface area contributed by atoms with Crippen molar-refractivity contribution < 1.29 is 5.11 Å². The van der Waals surface area contributed by atoms with Crippen molar-refractivity contribution in [1.29, 1.82) is 0 Å². The van der Waals surface area contributed by atoms with Crippen LogP contribution >= 0.6 is 11.3 Å². The first kappa shape index (κ1) is 9.19. The van der Waals surface area contributed by atoms with Gasteiger partial charge in [0.1, 0.15) is 0 Å². The Bertz CT molecular complexity index is 260. The third kappa shape index (κ3) is 1.77. The zero-order chi connectivity index (χ0) is 9.26. The Morgan fingerprint density at radius 1 is 1.69 bits per heavy atom. The van der Waals surface area contributed by atoms with E-state index in [2.05, 4.69) is 28.8 Å². The summed E-state index contributed by atoms with van der Waals surface area (Å²) < 4.78 is 0. The number of nitrogens with zero attached hydrogens (tertiary/aromatic N) is 1. The van der Waals surface area contributed by atoms with Gasteiger partial charge in [-0.25, -0.2) is 0 Å². The van der Waals surface area contributed by atoms with Crippen molar-refractivity contribution in [2.24, 2.45) is 5.92 Å². The van der Waals surface area contributed by atoms with Crippen molar-refractivity contribution in [3.05, 3.63) is 22.4 Å². The molecule has 1 aliphatic heterocycles. The van der Waals surface area contributed by atoms with Crippen LogP contribution in [0.15, 0.2) is 16.8 Å². The van der Waals surface area contributed by atoms with Crippen molar-refractivity contribution in [2.75, 3.05) is 20.2 Å². The molecule has 0 aromatic carbocycles. The highest BCUT2D eigenvalue weighted by Gasteiger charge is 2.29. The fourth-order valence-electron chi connectivity index (χ4n) is 2.09. The number of hydrogen-bond donors (Lipinski definition) is 1. The van der Waals surface area contributed by atoms with E-state index in [4.69, 9.17) is 5.11 Å². The maximum absolute atomic E-state index is 9.08. The summed E-state index contributed by atoms with van der Waals surface area (Å²) in [5.74, 6) is 0.467. The van der Waals surface area contributed by atoms with Crippen LogP contribution in [0.4, 0.5) is 0 Å². The van der Waals surface area contributed by atoms with Crippen molar-refractivity contribution >= 4 is 11.3 Å². The second kappa shape index (κ2) is 3.78. The van der Waals surface area contributed by atoms with Crippen molar-refractivity contribution in [3.63, 3.8) is 0 Å². The molecule has 1 fully saturated rings. The van der Waals surface area contributed by atoms with E-state index < -0.39 is 0 Å². The number of aliphatic hydroxyl groups excluding tert-OH is 1. The molecule has 0 bridgehead atoms. The Morgan fingerprint density at radius 2 is 2.54 bits per heavy atom. The Balaban J connectivity index is 2.09. The van der Waals surface area contributed by atoms with Gasteiger partial charge in [-0.1, -0.05) is 0 Å². The highest BCUT2D eigenvalue weighted by atomic mass is 32.1. The molecule has 0 spiro atoms. The van der Waals surface area contributed by atoms with Gasteiger partial charge in [-0.3, -0.25) is 4.90 Å². The molecule has 2 rings (SSSR count). The molecular formula is C10H15NOS. The molecule has 0 saturated carbocycles. The number of aliphatic hydroxyl groups is 1. The summed E-state index contributed by atoms with van der Waals surface area (Å²) in [6.45, 7) is 1.35. The molecule has 0 amide bonds. The van der Waals surface area contributed by atoms with E-state index in [1.807, 2.05) is 0 Å². The number of hydrogen-bond acceptors (Lipinski definition) is 3. The molecule has 1 aromatic rings. The van der Waals surface area contributed by atoms with Crippen LogP contribution in [0.5, 0.6) is 0 Å². The van der Waals surface area contributed by atoms with Crippen molar-refractivity contribution in [1.82, 2.24) is 4.90 Å². The van der Waals surface area contributed by atoms with Crippen LogP contribution in [-0.2, 0) is 0 Å². The average Bonchev–Trinajstić information content (AvgIpc) is 2.72. The standard InChI is InChI=1S/C10H15NOS/c1-11-5-8(6-12)4-10(11)9-2-3-13-7-9/h2-3,7-8,10,12H,4-6H2,1H3/t8-,10+/m1/s1. The van der Waals surface area contributed by atoms with E-state index in [0.29, 0.717) is 18.6 Å². The van der Waals surface area contributed by atoms with Crippen LogP contribution in [0, 0.1) is 5.92 Å². The van der Waals surface area contributed by atoms with Crippen LogP contribution < -0.4 is 0 Å². The van der Waals surface area contributed by atoms with Crippen LogP contribution in [0.2, 0.25) is 0 Å². The fraction of sp³-hybridized carbons (Fsp3) is 0.600. The highest BCUT2D eigenvalue weighted by molar-refractivity contribution is 7.07. The first-order chi connectivity index (χ1) is 6.31. The number of thiophene rings is 1. The molecule has 1 aliphatic rings. The average molecular weight is 197 g/mol. The van der Waals surface area contributed by atoms with Crippen molar-refractivity contribution in [3.8, 4) is 0 Å². The number of rotatable bonds is 2. The third-order valence-electron chi connectivity index (χ3n) is 2.82. The van der Waals surface area contributed by atoms with Gasteiger partial charge < -0.3 is 5.11 Å². The minimum atomic E-state index is 0.324. The van der Waals surface area contributed by atoms with Gasteiger partial charge in [0.05, 0.1) is 0 Å². The molecule has 0 unspecified atom stereocenters. The lowest BCUT2D eigenvalue weighted by atomic mass is 10.0. The summed E-state index contributed by atoms with van der Waals surface area (Å²) in [4.78, 5) is 2.34. The lowest BCUT2D eigenvalue weighted by Crippen LogP contribution is -2.18. The van der Waals surface area contributed by atoms with Crippen molar-refractivity contribution in [2.45, 2.75) is 12.5 Å². The summed E-state index contributed by atoms with van der Waals surface area (Å²) in [6.07, 6.45) is 1.10. The normalized spacial score (nSPS) is 29.7. The van der Waals surface area contributed by atoms with E-state index in [0.717, 1.165) is 13.0 Å². The van der Waals surface area contributed by atoms with Crippen LogP contribution in [-0.4, -0.2) is 30.2 Å². The molecule has 2 nitrogen and oxygen atoms in total. The molecule has 1 aromatic heterocycles. The summed E-state index contributed by atoms with van der Waals surface area (Å²) in [5, 5.41) is 13.4. The van der Waals surface area contributed by atoms with Gasteiger partial charge in [0, 0.05) is 19.2 Å². The molecule has 2 atom stereocenters. The van der Waals surface area contributed by atoms with E-state index in [1.165, 1.54) is 5.56 Å². The third-order valence-corrected chi connectivity index (χ3v) is 3.52. The lowest BCUT2D eigenvalue weighted by Gasteiger charge is -2.17. The van der Waals surface area contributed by atoms with Gasteiger partial charge in [0.25, 0.3) is 0 Å². The maximum Gasteiger partial charge on any atom is 0.0472 e. The largest absolute Gasteiger partial charge is 0.396 e. The molecule has 3 heteroatoms. The van der Waals surface area contributed by atoms with E-state index in [-0.39, 0.29) is 0 Å². The van der Waals surface area contributed by atoms with Gasteiger partial charge in [-0.05, 0) is 41.8 Å². The van der Waals surface area contributed by atoms with Gasteiger partial charge in [-0.15, -0.1) is 0 Å². The molecule has 0 radical (unpaired) electrons. The Hall–Kier alpha value is -0.380. The maximum atomic E-state index is 9.08. The van der Waals surface area contributed by atoms with Gasteiger partial charge in [0.2, 0.25) is 0 Å². The van der Waals surface area contributed by atoms with Crippen LogP contribution in [0.25, 0.3) is 0 Å². The fourth-order valence-corrected chi connectivity index (χ4v) is 2.80. The summed E-state index contributed by atoms with van der Waals surface area (Å²) in [5.41, 5.74) is 1.41. The van der Waals surface area contributed by atoms with E-state index in [1.54, 1.807) is 11.3 Å². The minimum absolute atomic E-state index is 0.324. The first-order valence-electron chi connectivity index (χ1n) is 4.64. The SMILES string of the molecule is CN1C[C@H](CO)C[C@H]1c1ccsc1. The molecule has 13 heavy (non-hydrogen) atoms. The van der Waals surface area contributed by atoms with Gasteiger partial charge in [0.15, 0.2) is 0 Å². The van der Waals surface area contributed by atoms with Gasteiger partial charge in [-0.2, -0.15) is 11.3 Å². The van der Waals surface area contributed by atoms with E-state index >= 15 is 0 Å². The predicted octanol–water partition coefficient (Wildman–Crippen LogP) is 1.73.